The number of allylic oxidation sites excluding steroid dienone is 1. The SMILES string of the molecule is COC(=O)c1cnn(-c2cccc(B(O)O)c2)c1[C@@H]1C[C@H]1C1=CN(C)NN1. The van der Waals surface area contributed by atoms with Gasteiger partial charge in [0.1, 0.15) is 5.56 Å². The van der Waals surface area contributed by atoms with Crippen LogP contribution in [-0.2, 0) is 4.74 Å². The lowest BCUT2D eigenvalue weighted by molar-refractivity contribution is 0.0599. The molecule has 1 aromatic carbocycles. The summed E-state index contributed by atoms with van der Waals surface area (Å²) in [7, 11) is 1.66. The van der Waals surface area contributed by atoms with Crippen LogP contribution >= 0.6 is 0 Å². The molecule has 4 N–H and O–H groups in total. The van der Waals surface area contributed by atoms with Crippen molar-refractivity contribution in [1.29, 1.82) is 0 Å². The number of hydrogen-bond donors (Lipinski definition) is 4. The summed E-state index contributed by atoms with van der Waals surface area (Å²) in [4.78, 5) is 12.3. The molecule has 2 aliphatic rings. The summed E-state index contributed by atoms with van der Waals surface area (Å²) in [5.74, 6) is -0.117. The molecule has 2 heterocycles. The molecule has 1 aromatic heterocycles. The van der Waals surface area contributed by atoms with Crippen LogP contribution in [0.2, 0.25) is 0 Å². The number of carbonyl (C=O) groups excluding carboxylic acids is 1. The second-order valence-electron chi connectivity index (χ2n) is 6.70. The van der Waals surface area contributed by atoms with Crippen LogP contribution in [0.5, 0.6) is 0 Å². The van der Waals surface area contributed by atoms with Gasteiger partial charge in [-0.15, -0.1) is 5.53 Å². The van der Waals surface area contributed by atoms with Crippen LogP contribution in [0.1, 0.15) is 28.4 Å². The number of esters is 1. The van der Waals surface area contributed by atoms with Crippen molar-refractivity contribution in [2.45, 2.75) is 12.3 Å². The Morgan fingerprint density at radius 3 is 2.85 bits per heavy atom. The number of rotatable bonds is 5. The predicted octanol–water partition coefficient (Wildman–Crippen LogP) is -0.762. The largest absolute Gasteiger partial charge is 0.488 e. The van der Waals surface area contributed by atoms with Crippen molar-refractivity contribution in [2.24, 2.45) is 5.92 Å². The highest BCUT2D eigenvalue weighted by molar-refractivity contribution is 6.58. The number of ether oxygens (including phenoxy) is 1. The molecule has 0 bridgehead atoms. The lowest BCUT2D eigenvalue weighted by Crippen LogP contribution is -2.33. The maximum atomic E-state index is 12.3. The Balaban J connectivity index is 1.74. The minimum absolute atomic E-state index is 0.0938. The van der Waals surface area contributed by atoms with E-state index in [2.05, 4.69) is 16.1 Å². The third-order valence-corrected chi connectivity index (χ3v) is 4.88. The molecule has 0 saturated heterocycles. The highest BCUT2D eigenvalue weighted by Gasteiger charge is 2.46. The molecule has 0 radical (unpaired) electrons. The predicted molar refractivity (Wildman–Crippen MR) is 97.7 cm³/mol. The number of hydrogen-bond acceptors (Lipinski definition) is 8. The molecule has 2 atom stereocenters. The topological polar surface area (TPSA) is 112 Å². The van der Waals surface area contributed by atoms with E-state index in [1.54, 1.807) is 22.9 Å². The first-order valence-corrected chi connectivity index (χ1v) is 8.58. The average molecular weight is 369 g/mol. The van der Waals surface area contributed by atoms with E-state index in [0.29, 0.717) is 16.7 Å². The zero-order chi connectivity index (χ0) is 19.1. The standard InChI is InChI=1S/C17H20BN5O4/c1-22-9-15(20-21-22)12-7-13(12)16-14(17(24)27-2)8-19-23(16)11-5-3-4-10(6-11)18(25)26/h3-6,8-9,12-13,20-21,25-26H,7H2,1-2H3/t12-,13-/m1/s1. The Kier molecular flexibility index (Phi) is 4.38. The summed E-state index contributed by atoms with van der Waals surface area (Å²) in [5, 5.41) is 25.1. The molecule has 140 valence electrons. The molecule has 4 rings (SSSR count). The number of hydrazine groups is 2. The van der Waals surface area contributed by atoms with E-state index >= 15 is 0 Å². The monoisotopic (exact) mass is 369 g/mol. The Morgan fingerprint density at radius 1 is 1.37 bits per heavy atom. The number of carbonyl (C=O) groups is 1. The van der Waals surface area contributed by atoms with Gasteiger partial charge in [0, 0.05) is 30.8 Å². The van der Waals surface area contributed by atoms with E-state index in [1.807, 2.05) is 24.3 Å². The van der Waals surface area contributed by atoms with Gasteiger partial charge in [-0.25, -0.2) is 9.48 Å². The molecule has 0 amide bonds. The molecule has 9 nitrogen and oxygen atoms in total. The van der Waals surface area contributed by atoms with Crippen molar-refractivity contribution in [3.63, 3.8) is 0 Å². The van der Waals surface area contributed by atoms with Gasteiger partial charge in [0.25, 0.3) is 0 Å². The van der Waals surface area contributed by atoms with E-state index in [-0.39, 0.29) is 11.8 Å². The first-order valence-electron chi connectivity index (χ1n) is 8.58. The molecule has 1 aliphatic heterocycles. The summed E-state index contributed by atoms with van der Waals surface area (Å²) in [5.41, 5.74) is 9.35. The van der Waals surface area contributed by atoms with Crippen molar-refractivity contribution in [1.82, 2.24) is 25.7 Å². The van der Waals surface area contributed by atoms with Crippen LogP contribution in [0, 0.1) is 5.92 Å². The van der Waals surface area contributed by atoms with Gasteiger partial charge in [-0.3, -0.25) is 5.01 Å². The Morgan fingerprint density at radius 2 is 2.19 bits per heavy atom. The Bertz CT molecular complexity index is 912. The number of benzene rings is 1. The average Bonchev–Trinajstić information content (AvgIpc) is 3.12. The highest BCUT2D eigenvalue weighted by atomic mass is 16.5. The second kappa shape index (κ2) is 6.73. The van der Waals surface area contributed by atoms with Crippen molar-refractivity contribution in [3.8, 4) is 5.69 Å². The lowest BCUT2D eigenvalue weighted by Gasteiger charge is -2.11. The highest BCUT2D eigenvalue weighted by Crippen LogP contribution is 2.52. The van der Waals surface area contributed by atoms with Crippen LogP contribution in [0.3, 0.4) is 0 Å². The van der Waals surface area contributed by atoms with E-state index < -0.39 is 13.1 Å². The van der Waals surface area contributed by atoms with Gasteiger partial charge in [0.2, 0.25) is 0 Å². The number of aromatic nitrogens is 2. The van der Waals surface area contributed by atoms with E-state index in [1.165, 1.54) is 13.3 Å². The fourth-order valence-electron chi connectivity index (χ4n) is 3.46. The molecule has 27 heavy (non-hydrogen) atoms. The Labute approximate surface area is 156 Å². The molecule has 1 saturated carbocycles. The quantitative estimate of drug-likeness (QED) is 0.402. The zero-order valence-electron chi connectivity index (χ0n) is 15.0. The fraction of sp³-hybridized carbons (Fsp3) is 0.294. The van der Waals surface area contributed by atoms with Gasteiger partial charge in [-0.2, -0.15) is 5.10 Å². The molecular formula is C17H20BN5O4. The minimum atomic E-state index is -1.58. The number of nitrogens with zero attached hydrogens (tertiary/aromatic N) is 3. The summed E-state index contributed by atoms with van der Waals surface area (Å²) in [6.07, 6.45) is 4.34. The second-order valence-corrected chi connectivity index (χ2v) is 6.70. The summed E-state index contributed by atoms with van der Waals surface area (Å²) in [6, 6.07) is 6.79. The fourth-order valence-corrected chi connectivity index (χ4v) is 3.46. The van der Waals surface area contributed by atoms with Crippen LogP contribution in [0.4, 0.5) is 0 Å². The molecular weight excluding hydrogens is 349 g/mol. The number of nitrogens with one attached hydrogen (secondary N) is 2. The zero-order valence-corrected chi connectivity index (χ0v) is 15.0. The van der Waals surface area contributed by atoms with Gasteiger partial charge in [-0.1, -0.05) is 12.1 Å². The van der Waals surface area contributed by atoms with Crippen LogP contribution in [0.25, 0.3) is 5.69 Å². The summed E-state index contributed by atoms with van der Waals surface area (Å²) < 4.78 is 6.60. The molecule has 10 heteroatoms. The normalized spacial score (nSPS) is 20.9. The van der Waals surface area contributed by atoms with Crippen LogP contribution in [0.15, 0.2) is 42.4 Å². The van der Waals surface area contributed by atoms with Gasteiger partial charge >= 0.3 is 13.1 Å². The third kappa shape index (κ3) is 3.18. The van der Waals surface area contributed by atoms with Crippen molar-refractivity contribution in [3.05, 3.63) is 53.6 Å². The maximum absolute atomic E-state index is 12.3. The minimum Gasteiger partial charge on any atom is -0.465 e. The Hall–Kier alpha value is -2.82. The van der Waals surface area contributed by atoms with Crippen molar-refractivity contribution in [2.75, 3.05) is 14.2 Å². The van der Waals surface area contributed by atoms with E-state index in [9.17, 15) is 14.8 Å². The third-order valence-electron chi connectivity index (χ3n) is 4.88. The first kappa shape index (κ1) is 17.6. The van der Waals surface area contributed by atoms with Gasteiger partial charge < -0.3 is 20.2 Å². The molecule has 0 unspecified atom stereocenters. The van der Waals surface area contributed by atoms with Crippen LogP contribution < -0.4 is 16.4 Å². The molecule has 1 aliphatic carbocycles. The van der Waals surface area contributed by atoms with Gasteiger partial charge in [-0.05, 0) is 24.0 Å². The van der Waals surface area contributed by atoms with E-state index in [4.69, 9.17) is 4.74 Å². The molecule has 0 spiro atoms. The van der Waals surface area contributed by atoms with Gasteiger partial charge in [0.15, 0.2) is 0 Å². The molecule has 1 fully saturated rings. The van der Waals surface area contributed by atoms with Crippen molar-refractivity contribution >= 4 is 18.6 Å². The van der Waals surface area contributed by atoms with Gasteiger partial charge in [0.05, 0.1) is 24.7 Å². The lowest BCUT2D eigenvalue weighted by atomic mass is 9.80. The first-order chi connectivity index (χ1) is 13.0. The van der Waals surface area contributed by atoms with Crippen LogP contribution in [-0.4, -0.2) is 52.1 Å². The summed E-state index contributed by atoms with van der Waals surface area (Å²) >= 11 is 0. The smallest absolute Gasteiger partial charge is 0.465 e. The number of methoxy groups -OCH3 is 1. The maximum Gasteiger partial charge on any atom is 0.488 e. The van der Waals surface area contributed by atoms with Crippen molar-refractivity contribution < 1.29 is 19.6 Å². The van der Waals surface area contributed by atoms with E-state index in [0.717, 1.165) is 17.8 Å². The summed E-state index contributed by atoms with van der Waals surface area (Å²) in [6.45, 7) is 0. The molecule has 2 aromatic rings.